The Bertz CT molecular complexity index is 359. The van der Waals surface area contributed by atoms with Crippen molar-refractivity contribution in [3.63, 3.8) is 0 Å². The van der Waals surface area contributed by atoms with Crippen LogP contribution in [-0.2, 0) is 9.59 Å². The number of primary amides is 1. The van der Waals surface area contributed by atoms with Crippen molar-refractivity contribution < 1.29 is 9.59 Å². The zero-order chi connectivity index (χ0) is 17.0. The van der Waals surface area contributed by atoms with Crippen LogP contribution in [0.15, 0.2) is 12.2 Å². The third-order valence-corrected chi connectivity index (χ3v) is 3.20. The third kappa shape index (κ3) is 13.6. The normalized spacial score (nSPS) is 13.3. The van der Waals surface area contributed by atoms with Crippen LogP contribution in [0, 0.1) is 0 Å². The van der Waals surface area contributed by atoms with Gasteiger partial charge in [-0.05, 0) is 27.2 Å². The van der Waals surface area contributed by atoms with Gasteiger partial charge in [-0.25, -0.2) is 0 Å². The molecule has 0 fully saturated rings. The van der Waals surface area contributed by atoms with Gasteiger partial charge >= 0.3 is 0 Å². The van der Waals surface area contributed by atoms with Gasteiger partial charge in [0.05, 0.1) is 6.04 Å². The molecular formula is C17H33N3O2. The van der Waals surface area contributed by atoms with E-state index in [-0.39, 0.29) is 17.5 Å². The largest absolute Gasteiger partial charge is 0.366 e. The van der Waals surface area contributed by atoms with Gasteiger partial charge in [-0.1, -0.05) is 38.7 Å². The average Bonchev–Trinajstić information content (AvgIpc) is 2.40. The predicted octanol–water partition coefficient (Wildman–Crippen LogP) is 2.26. The van der Waals surface area contributed by atoms with Gasteiger partial charge in [-0.15, -0.1) is 0 Å². The quantitative estimate of drug-likeness (QED) is 0.404. The first-order valence-electron chi connectivity index (χ1n) is 8.26. The molecule has 22 heavy (non-hydrogen) atoms. The van der Waals surface area contributed by atoms with E-state index < -0.39 is 5.91 Å². The van der Waals surface area contributed by atoms with E-state index in [0.29, 0.717) is 13.0 Å². The highest BCUT2D eigenvalue weighted by molar-refractivity contribution is 5.86. The van der Waals surface area contributed by atoms with Crippen molar-refractivity contribution in [2.24, 2.45) is 5.73 Å². The van der Waals surface area contributed by atoms with E-state index in [1.54, 1.807) is 6.08 Å². The van der Waals surface area contributed by atoms with Gasteiger partial charge in [0, 0.05) is 24.6 Å². The Balaban J connectivity index is 4.25. The lowest BCUT2D eigenvalue weighted by atomic mass is 10.1. The summed E-state index contributed by atoms with van der Waals surface area (Å²) in [5, 5.41) is 6.26. The van der Waals surface area contributed by atoms with Gasteiger partial charge < -0.3 is 16.4 Å². The number of nitrogens with one attached hydrogen (secondary N) is 2. The second-order valence-corrected chi connectivity index (χ2v) is 6.73. The molecule has 0 spiro atoms. The maximum absolute atomic E-state index is 12.0. The lowest BCUT2D eigenvalue weighted by molar-refractivity contribution is -0.121. The number of unbranched alkanes of at least 4 members (excludes halogenated alkanes) is 4. The summed E-state index contributed by atoms with van der Waals surface area (Å²) in [4.78, 5) is 22.8. The summed E-state index contributed by atoms with van der Waals surface area (Å²) in [7, 11) is 0. The Labute approximate surface area is 135 Å². The molecule has 0 heterocycles. The Morgan fingerprint density at radius 3 is 2.32 bits per heavy atom. The maximum atomic E-state index is 12.0. The van der Waals surface area contributed by atoms with Gasteiger partial charge in [-0.3, -0.25) is 9.59 Å². The Morgan fingerprint density at radius 2 is 1.77 bits per heavy atom. The van der Waals surface area contributed by atoms with E-state index in [2.05, 4.69) is 38.3 Å². The molecule has 0 aromatic heterocycles. The molecule has 1 unspecified atom stereocenters. The van der Waals surface area contributed by atoms with Crippen molar-refractivity contribution in [1.29, 1.82) is 0 Å². The van der Waals surface area contributed by atoms with E-state index in [1.807, 2.05) is 0 Å². The smallest absolute Gasteiger partial charge is 0.241 e. The van der Waals surface area contributed by atoms with Crippen molar-refractivity contribution in [3.05, 3.63) is 12.2 Å². The van der Waals surface area contributed by atoms with Crippen LogP contribution in [0.2, 0.25) is 0 Å². The third-order valence-electron chi connectivity index (χ3n) is 3.20. The average molecular weight is 311 g/mol. The summed E-state index contributed by atoms with van der Waals surface area (Å²) in [6.07, 6.45) is 9.08. The van der Waals surface area contributed by atoms with Crippen LogP contribution in [-0.4, -0.2) is 29.9 Å². The van der Waals surface area contributed by atoms with Gasteiger partial charge in [0.1, 0.15) is 0 Å². The molecule has 128 valence electrons. The molecule has 0 aromatic rings. The fourth-order valence-corrected chi connectivity index (χ4v) is 1.96. The number of carbonyl (C=O) groups is 2. The van der Waals surface area contributed by atoms with Crippen LogP contribution >= 0.6 is 0 Å². The molecule has 0 rings (SSSR count). The molecular weight excluding hydrogens is 278 g/mol. The minimum atomic E-state index is -0.505. The number of hydrogen-bond acceptors (Lipinski definition) is 3. The van der Waals surface area contributed by atoms with Crippen LogP contribution in [0.4, 0.5) is 0 Å². The molecule has 0 aliphatic rings. The standard InChI is InChI=1S/C17H33N3O2/c1-5-6-7-8-9-10-16(22)20-14(11-12-15(18)21)13-19-17(2,3)4/h11-12,14,19H,5-10,13H2,1-4H3,(H2,18,21)(H,20,22)/b12-11+. The summed E-state index contributed by atoms with van der Waals surface area (Å²) >= 11 is 0. The highest BCUT2D eigenvalue weighted by atomic mass is 16.2. The zero-order valence-corrected chi connectivity index (χ0v) is 14.6. The molecule has 0 aliphatic heterocycles. The molecule has 0 radical (unpaired) electrons. The maximum Gasteiger partial charge on any atom is 0.241 e. The van der Waals surface area contributed by atoms with E-state index in [0.717, 1.165) is 12.8 Å². The van der Waals surface area contributed by atoms with Gasteiger partial charge in [-0.2, -0.15) is 0 Å². The first-order chi connectivity index (χ1) is 10.2. The van der Waals surface area contributed by atoms with Gasteiger partial charge in [0.25, 0.3) is 0 Å². The summed E-state index contributed by atoms with van der Waals surface area (Å²) in [5.41, 5.74) is 5.07. The van der Waals surface area contributed by atoms with Gasteiger partial charge in [0.15, 0.2) is 0 Å². The molecule has 0 saturated carbocycles. The van der Waals surface area contributed by atoms with E-state index in [1.165, 1.54) is 25.3 Å². The SMILES string of the molecule is CCCCCCCC(=O)NC(/C=C/C(N)=O)CNC(C)(C)C. The first-order valence-corrected chi connectivity index (χ1v) is 8.26. The first kappa shape index (κ1) is 20.6. The molecule has 5 nitrogen and oxygen atoms in total. The van der Waals surface area contributed by atoms with Crippen molar-refractivity contribution in [1.82, 2.24) is 10.6 Å². The lowest BCUT2D eigenvalue weighted by Crippen LogP contribution is -2.46. The van der Waals surface area contributed by atoms with Gasteiger partial charge in [0.2, 0.25) is 11.8 Å². The van der Waals surface area contributed by atoms with Crippen LogP contribution in [0.3, 0.4) is 0 Å². The Morgan fingerprint density at radius 1 is 1.14 bits per heavy atom. The zero-order valence-electron chi connectivity index (χ0n) is 14.6. The molecule has 0 aliphatic carbocycles. The molecule has 1 atom stereocenters. The summed E-state index contributed by atoms with van der Waals surface area (Å²) in [6, 6.07) is -0.227. The van der Waals surface area contributed by atoms with Crippen LogP contribution in [0.5, 0.6) is 0 Å². The van der Waals surface area contributed by atoms with Crippen LogP contribution < -0.4 is 16.4 Å². The monoisotopic (exact) mass is 311 g/mol. The second kappa shape index (κ2) is 11.2. The minimum Gasteiger partial charge on any atom is -0.366 e. The number of amides is 2. The van der Waals surface area contributed by atoms with Crippen LogP contribution in [0.25, 0.3) is 0 Å². The highest BCUT2D eigenvalue weighted by Crippen LogP contribution is 2.05. The number of hydrogen-bond donors (Lipinski definition) is 3. The number of rotatable bonds is 11. The fourth-order valence-electron chi connectivity index (χ4n) is 1.96. The van der Waals surface area contributed by atoms with Crippen molar-refractivity contribution in [3.8, 4) is 0 Å². The summed E-state index contributed by atoms with van der Waals surface area (Å²) in [5.74, 6) is -0.485. The van der Waals surface area contributed by atoms with E-state index in [4.69, 9.17) is 5.73 Å². The molecule has 0 bridgehead atoms. The van der Waals surface area contributed by atoms with Crippen molar-refractivity contribution in [2.45, 2.75) is 77.8 Å². The molecule has 2 amide bonds. The minimum absolute atomic E-state index is 0.0197. The molecule has 0 aromatic carbocycles. The van der Waals surface area contributed by atoms with Crippen LogP contribution in [0.1, 0.15) is 66.2 Å². The second-order valence-electron chi connectivity index (χ2n) is 6.73. The van der Waals surface area contributed by atoms with E-state index in [9.17, 15) is 9.59 Å². The molecule has 4 N–H and O–H groups in total. The van der Waals surface area contributed by atoms with E-state index >= 15 is 0 Å². The highest BCUT2D eigenvalue weighted by Gasteiger charge is 2.14. The Kier molecular flexibility index (Phi) is 10.5. The summed E-state index contributed by atoms with van der Waals surface area (Å²) < 4.78 is 0. The number of nitrogens with two attached hydrogens (primary N) is 1. The topological polar surface area (TPSA) is 84.2 Å². The molecule has 0 saturated heterocycles. The summed E-state index contributed by atoms with van der Waals surface area (Å²) in [6.45, 7) is 8.89. The fraction of sp³-hybridized carbons (Fsp3) is 0.765. The predicted molar refractivity (Wildman–Crippen MR) is 91.4 cm³/mol. The number of carbonyl (C=O) groups excluding carboxylic acids is 2. The molecule has 5 heteroatoms. The Hall–Kier alpha value is -1.36. The van der Waals surface area contributed by atoms with Crippen molar-refractivity contribution in [2.75, 3.05) is 6.54 Å². The lowest BCUT2D eigenvalue weighted by Gasteiger charge is -2.24. The van der Waals surface area contributed by atoms with Crippen molar-refractivity contribution >= 4 is 11.8 Å².